The molecule has 0 bridgehead atoms. The van der Waals surface area contributed by atoms with Gasteiger partial charge in [-0.3, -0.25) is 4.79 Å². The maximum Gasteiger partial charge on any atom is 0.408 e. The van der Waals surface area contributed by atoms with Gasteiger partial charge < -0.3 is 19.2 Å². The third-order valence-electron chi connectivity index (χ3n) is 6.00. The molecule has 1 aromatic carbocycles. The number of carbonyl (C=O) groups is 2. The lowest BCUT2D eigenvalue weighted by Gasteiger charge is -2.26. The molecule has 37 heavy (non-hydrogen) atoms. The first kappa shape index (κ1) is 28.4. The highest BCUT2D eigenvalue weighted by molar-refractivity contribution is 7.09. The van der Waals surface area contributed by atoms with E-state index in [9.17, 15) is 14.4 Å². The standard InChI is InChI=1S/C28H36N2O6S/c1-8-10-11-18-12-19-23(34-14-20(25(19)31)21-15-37-17(4)29-21)13-22(18)35-26(32)24(16(3)9-2)30-27(33)36-28(5,6)7/h12-16,24H,8-11H2,1-7H3,(H,30,33)/t16-,24+/m0/s1. The largest absolute Gasteiger partial charge is 0.463 e. The number of unbranched alkanes of at least 4 members (excludes halogenated alkanes) is 1. The van der Waals surface area contributed by atoms with Gasteiger partial charge in [-0.1, -0.05) is 33.6 Å². The van der Waals surface area contributed by atoms with Crippen molar-refractivity contribution in [2.24, 2.45) is 5.92 Å². The number of ether oxygens (including phenoxy) is 2. The molecule has 3 rings (SSSR count). The summed E-state index contributed by atoms with van der Waals surface area (Å²) in [6, 6.07) is 2.41. The zero-order chi connectivity index (χ0) is 27.3. The fourth-order valence-corrected chi connectivity index (χ4v) is 4.41. The van der Waals surface area contributed by atoms with Gasteiger partial charge in [-0.15, -0.1) is 11.3 Å². The smallest absolute Gasteiger partial charge is 0.408 e. The fourth-order valence-electron chi connectivity index (χ4n) is 3.80. The number of benzene rings is 1. The third-order valence-corrected chi connectivity index (χ3v) is 6.77. The molecule has 1 amide bonds. The van der Waals surface area contributed by atoms with Crippen LogP contribution in [0.5, 0.6) is 5.75 Å². The summed E-state index contributed by atoms with van der Waals surface area (Å²) < 4.78 is 17.0. The number of thiazole rings is 1. The van der Waals surface area contributed by atoms with Gasteiger partial charge in [0.1, 0.15) is 29.2 Å². The minimum absolute atomic E-state index is 0.189. The van der Waals surface area contributed by atoms with Crippen molar-refractivity contribution < 1.29 is 23.5 Å². The van der Waals surface area contributed by atoms with Gasteiger partial charge >= 0.3 is 12.1 Å². The molecule has 0 unspecified atom stereocenters. The van der Waals surface area contributed by atoms with Gasteiger partial charge in [0, 0.05) is 11.4 Å². The molecule has 2 aromatic heterocycles. The zero-order valence-electron chi connectivity index (χ0n) is 22.6. The predicted octanol–water partition coefficient (Wildman–Crippen LogP) is 6.41. The van der Waals surface area contributed by atoms with Crippen LogP contribution in [0.1, 0.15) is 71.4 Å². The fraction of sp³-hybridized carbons (Fsp3) is 0.500. The lowest BCUT2D eigenvalue weighted by molar-refractivity contribution is -0.138. The van der Waals surface area contributed by atoms with Crippen LogP contribution < -0.4 is 15.5 Å². The van der Waals surface area contributed by atoms with Crippen LogP contribution in [-0.2, 0) is 16.0 Å². The number of rotatable bonds is 9. The summed E-state index contributed by atoms with van der Waals surface area (Å²) in [5.74, 6) is -0.485. The minimum Gasteiger partial charge on any atom is -0.463 e. The quantitative estimate of drug-likeness (QED) is 0.252. The zero-order valence-corrected chi connectivity index (χ0v) is 23.4. The van der Waals surface area contributed by atoms with Gasteiger partial charge in [0.2, 0.25) is 5.43 Å². The van der Waals surface area contributed by atoms with Gasteiger partial charge in [0.25, 0.3) is 0 Å². The molecule has 2 atom stereocenters. The van der Waals surface area contributed by atoms with Crippen LogP contribution in [0.4, 0.5) is 4.79 Å². The molecule has 0 aliphatic carbocycles. The molecule has 200 valence electrons. The monoisotopic (exact) mass is 528 g/mol. The van der Waals surface area contributed by atoms with Crippen LogP contribution >= 0.6 is 11.3 Å². The molecule has 2 heterocycles. The number of aryl methyl sites for hydroxylation is 2. The highest BCUT2D eigenvalue weighted by Crippen LogP contribution is 2.29. The second-order valence-corrected chi connectivity index (χ2v) is 11.3. The number of esters is 1. The molecule has 1 N–H and O–H groups in total. The summed E-state index contributed by atoms with van der Waals surface area (Å²) in [5.41, 5.74) is 1.11. The van der Waals surface area contributed by atoms with E-state index >= 15 is 0 Å². The van der Waals surface area contributed by atoms with Crippen molar-refractivity contribution in [1.29, 1.82) is 0 Å². The van der Waals surface area contributed by atoms with Crippen LogP contribution in [0.3, 0.4) is 0 Å². The van der Waals surface area contributed by atoms with Crippen LogP contribution in [0, 0.1) is 12.8 Å². The van der Waals surface area contributed by atoms with Crippen molar-refractivity contribution in [3.05, 3.63) is 44.6 Å². The summed E-state index contributed by atoms with van der Waals surface area (Å²) in [4.78, 5) is 43.4. The second-order valence-electron chi connectivity index (χ2n) is 10.2. The first-order valence-corrected chi connectivity index (χ1v) is 13.5. The number of fused-ring (bicyclic) bond motifs is 1. The third kappa shape index (κ3) is 7.19. The van der Waals surface area contributed by atoms with Gasteiger partial charge in [-0.2, -0.15) is 0 Å². The molecule has 0 fully saturated rings. The summed E-state index contributed by atoms with van der Waals surface area (Å²) in [5, 5.41) is 5.75. The summed E-state index contributed by atoms with van der Waals surface area (Å²) in [6.45, 7) is 13.0. The molecule has 8 nitrogen and oxygen atoms in total. The van der Waals surface area contributed by atoms with Crippen LogP contribution in [0.15, 0.2) is 33.0 Å². The van der Waals surface area contributed by atoms with E-state index in [1.807, 2.05) is 26.2 Å². The minimum atomic E-state index is -0.906. The van der Waals surface area contributed by atoms with E-state index < -0.39 is 23.7 Å². The molecule has 0 saturated carbocycles. The Morgan fingerprint density at radius 1 is 1.22 bits per heavy atom. The molecule has 0 radical (unpaired) electrons. The summed E-state index contributed by atoms with van der Waals surface area (Å²) >= 11 is 1.46. The number of carbonyl (C=O) groups excluding carboxylic acids is 2. The van der Waals surface area contributed by atoms with E-state index in [0.29, 0.717) is 40.8 Å². The van der Waals surface area contributed by atoms with Crippen molar-refractivity contribution in [2.75, 3.05) is 0 Å². The molecule has 0 saturated heterocycles. The number of alkyl carbamates (subject to hydrolysis) is 1. The van der Waals surface area contributed by atoms with E-state index in [-0.39, 0.29) is 11.3 Å². The number of aromatic nitrogens is 1. The van der Waals surface area contributed by atoms with Crippen molar-refractivity contribution in [3.8, 4) is 17.0 Å². The Hall–Kier alpha value is -3.20. The van der Waals surface area contributed by atoms with Crippen molar-refractivity contribution in [3.63, 3.8) is 0 Å². The Morgan fingerprint density at radius 2 is 1.95 bits per heavy atom. The summed E-state index contributed by atoms with van der Waals surface area (Å²) in [7, 11) is 0. The topological polar surface area (TPSA) is 108 Å². The number of nitrogens with one attached hydrogen (secondary N) is 1. The van der Waals surface area contributed by atoms with Crippen LogP contribution in [0.2, 0.25) is 0 Å². The van der Waals surface area contributed by atoms with Gasteiger partial charge in [-0.25, -0.2) is 14.6 Å². The average molecular weight is 529 g/mol. The second kappa shape index (κ2) is 11.9. The van der Waals surface area contributed by atoms with Crippen molar-refractivity contribution in [2.45, 2.75) is 85.8 Å². The number of nitrogens with zero attached hydrogens (tertiary/aromatic N) is 1. The molecule has 0 spiro atoms. The van der Waals surface area contributed by atoms with Crippen LogP contribution in [-0.4, -0.2) is 28.7 Å². The Balaban J connectivity index is 1.97. The van der Waals surface area contributed by atoms with Gasteiger partial charge in [-0.05, 0) is 58.1 Å². The van der Waals surface area contributed by atoms with E-state index in [1.54, 1.807) is 32.9 Å². The number of hydrogen-bond acceptors (Lipinski definition) is 8. The average Bonchev–Trinajstić information content (AvgIpc) is 3.25. The van der Waals surface area contributed by atoms with E-state index in [0.717, 1.165) is 23.4 Å². The van der Waals surface area contributed by atoms with Crippen LogP contribution in [0.25, 0.3) is 22.2 Å². The van der Waals surface area contributed by atoms with Gasteiger partial charge in [0.05, 0.1) is 21.7 Å². The Bertz CT molecular complexity index is 1320. The molecule has 0 aliphatic rings. The first-order chi connectivity index (χ1) is 17.4. The molecule has 0 aliphatic heterocycles. The van der Waals surface area contributed by atoms with E-state index in [1.165, 1.54) is 17.6 Å². The normalized spacial score (nSPS) is 13.3. The Labute approximate surface area is 221 Å². The number of amides is 1. The van der Waals surface area contributed by atoms with E-state index in [4.69, 9.17) is 13.9 Å². The van der Waals surface area contributed by atoms with Gasteiger partial charge in [0.15, 0.2) is 0 Å². The molecule has 9 heteroatoms. The SMILES string of the molecule is CCCCc1cc2c(=O)c(-c3csc(C)n3)coc2cc1OC(=O)[C@H](NC(=O)OC(C)(C)C)[C@@H](C)CC. The maximum absolute atomic E-state index is 13.3. The molecular formula is C28H36N2O6S. The number of hydrogen-bond donors (Lipinski definition) is 1. The summed E-state index contributed by atoms with van der Waals surface area (Å²) in [6.07, 6.45) is 3.73. The first-order valence-electron chi connectivity index (χ1n) is 12.7. The highest BCUT2D eigenvalue weighted by Gasteiger charge is 2.30. The van der Waals surface area contributed by atoms with Crippen molar-refractivity contribution in [1.82, 2.24) is 10.3 Å². The molecular weight excluding hydrogens is 492 g/mol. The van der Waals surface area contributed by atoms with E-state index in [2.05, 4.69) is 17.2 Å². The predicted molar refractivity (Wildman–Crippen MR) is 145 cm³/mol. The Morgan fingerprint density at radius 3 is 2.54 bits per heavy atom. The van der Waals surface area contributed by atoms with Crippen molar-refractivity contribution >= 4 is 34.4 Å². The highest BCUT2D eigenvalue weighted by atomic mass is 32.1. The lowest BCUT2D eigenvalue weighted by Crippen LogP contribution is -2.48. The lowest BCUT2D eigenvalue weighted by atomic mass is 9.99. The Kier molecular flexibility index (Phi) is 9.12. The maximum atomic E-state index is 13.3. The molecule has 3 aromatic rings.